The summed E-state index contributed by atoms with van der Waals surface area (Å²) in [7, 11) is 1.26. The topological polar surface area (TPSA) is 101 Å². The van der Waals surface area contributed by atoms with Crippen LogP contribution in [0.25, 0.3) is 5.78 Å². The second-order valence-electron chi connectivity index (χ2n) is 4.99. The Morgan fingerprint density at radius 3 is 2.92 bits per heavy atom. The largest absolute Gasteiger partial charge is 0.469 e. The summed E-state index contributed by atoms with van der Waals surface area (Å²) in [6, 6.07) is 7.56. The number of halogens is 1. The van der Waals surface area contributed by atoms with Gasteiger partial charge in [-0.05, 0) is 6.07 Å². The Morgan fingerprint density at radius 1 is 1.38 bits per heavy atom. The van der Waals surface area contributed by atoms with Crippen molar-refractivity contribution in [2.75, 3.05) is 12.4 Å². The third kappa shape index (κ3) is 3.24. The van der Waals surface area contributed by atoms with Gasteiger partial charge in [-0.2, -0.15) is 9.50 Å². The van der Waals surface area contributed by atoms with Crippen molar-refractivity contribution in [1.82, 2.24) is 19.6 Å². The Labute approximate surface area is 135 Å². The highest BCUT2D eigenvalue weighted by atomic mass is 19.1. The number of hydrogen-bond donors (Lipinski definition) is 2. The number of aromatic nitrogens is 4. The van der Waals surface area contributed by atoms with Crippen molar-refractivity contribution in [3.63, 3.8) is 0 Å². The van der Waals surface area contributed by atoms with Gasteiger partial charge in [-0.15, -0.1) is 0 Å². The Balaban J connectivity index is 1.83. The number of rotatable bonds is 5. The Hall–Kier alpha value is -3.23. The molecule has 9 heteroatoms. The summed E-state index contributed by atoms with van der Waals surface area (Å²) in [6.07, 6.45) is -0.118. The molecular weight excluding hydrogens is 317 g/mol. The highest BCUT2D eigenvalue weighted by molar-refractivity contribution is 5.71. The van der Waals surface area contributed by atoms with Crippen LogP contribution in [0.3, 0.4) is 0 Å². The number of nitrogens with one attached hydrogen (secondary N) is 2. The fourth-order valence-corrected chi connectivity index (χ4v) is 2.14. The first-order valence-electron chi connectivity index (χ1n) is 7.09. The molecule has 0 spiro atoms. The van der Waals surface area contributed by atoms with Crippen LogP contribution in [0.4, 0.5) is 10.3 Å². The minimum Gasteiger partial charge on any atom is -0.469 e. The van der Waals surface area contributed by atoms with Crippen LogP contribution in [0.15, 0.2) is 35.1 Å². The molecule has 0 atom stereocenters. The molecule has 0 bridgehead atoms. The lowest BCUT2D eigenvalue weighted by molar-refractivity contribution is -0.139. The van der Waals surface area contributed by atoms with Crippen molar-refractivity contribution in [3.8, 4) is 0 Å². The maximum absolute atomic E-state index is 13.6. The SMILES string of the molecule is COC(=O)Cc1cc(=O)n2[nH]c(NCc3ccccc3F)nc2n1. The Bertz CT molecular complexity index is 950. The molecule has 0 amide bonds. The molecule has 3 aromatic rings. The second-order valence-corrected chi connectivity index (χ2v) is 4.99. The summed E-state index contributed by atoms with van der Waals surface area (Å²) < 4.78 is 19.3. The zero-order chi connectivity index (χ0) is 17.1. The number of nitrogens with zero attached hydrogens (tertiary/aromatic N) is 3. The van der Waals surface area contributed by atoms with Crippen LogP contribution in [-0.4, -0.2) is 32.7 Å². The van der Waals surface area contributed by atoms with E-state index in [9.17, 15) is 14.0 Å². The van der Waals surface area contributed by atoms with Gasteiger partial charge in [-0.3, -0.25) is 14.7 Å². The number of carbonyl (C=O) groups excluding carboxylic acids is 1. The van der Waals surface area contributed by atoms with Gasteiger partial charge in [0.2, 0.25) is 5.95 Å². The minimum absolute atomic E-state index is 0.109. The normalized spacial score (nSPS) is 10.8. The van der Waals surface area contributed by atoms with Crippen LogP contribution in [-0.2, 0) is 22.5 Å². The summed E-state index contributed by atoms with van der Waals surface area (Å²) in [6.45, 7) is 0.191. The molecular formula is C15H14FN5O3. The smallest absolute Gasteiger partial charge is 0.311 e. The minimum atomic E-state index is -0.500. The van der Waals surface area contributed by atoms with E-state index in [1.807, 2.05) is 0 Å². The third-order valence-corrected chi connectivity index (χ3v) is 3.34. The Morgan fingerprint density at radius 2 is 2.17 bits per heavy atom. The van der Waals surface area contributed by atoms with Crippen LogP contribution in [0.2, 0.25) is 0 Å². The van der Waals surface area contributed by atoms with Gasteiger partial charge in [0, 0.05) is 18.2 Å². The number of carbonyl (C=O) groups is 1. The standard InChI is InChI=1S/C15H14FN5O3/c1-24-13(23)7-10-6-12(22)21-15(18-10)19-14(20-21)17-8-9-4-2-3-5-11(9)16/h2-6H,7-8H2,1H3,(H2,17,18,19,20). The molecule has 2 heterocycles. The zero-order valence-corrected chi connectivity index (χ0v) is 12.7. The van der Waals surface area contributed by atoms with Gasteiger partial charge in [-0.1, -0.05) is 18.2 Å². The lowest BCUT2D eigenvalue weighted by atomic mass is 10.2. The van der Waals surface area contributed by atoms with E-state index in [1.165, 1.54) is 19.2 Å². The summed E-state index contributed by atoms with van der Waals surface area (Å²) in [5.74, 6) is -0.466. The van der Waals surface area contributed by atoms with Crippen molar-refractivity contribution < 1.29 is 13.9 Å². The molecule has 0 aliphatic rings. The second kappa shape index (κ2) is 6.49. The van der Waals surface area contributed by atoms with Crippen molar-refractivity contribution >= 4 is 17.7 Å². The molecule has 0 saturated carbocycles. The summed E-state index contributed by atoms with van der Waals surface area (Å²) in [5, 5.41) is 5.62. The lowest BCUT2D eigenvalue weighted by Crippen LogP contribution is -2.17. The number of methoxy groups -OCH3 is 1. The number of aromatic amines is 1. The lowest BCUT2D eigenvalue weighted by Gasteiger charge is -2.03. The number of benzene rings is 1. The van der Waals surface area contributed by atoms with Gasteiger partial charge in [0.15, 0.2) is 0 Å². The first kappa shape index (κ1) is 15.7. The quantitative estimate of drug-likeness (QED) is 0.673. The number of esters is 1. The summed E-state index contributed by atoms with van der Waals surface area (Å²) in [5.41, 5.74) is 0.314. The van der Waals surface area contributed by atoms with E-state index in [4.69, 9.17) is 0 Å². The van der Waals surface area contributed by atoms with Gasteiger partial charge in [-0.25, -0.2) is 9.37 Å². The molecule has 8 nitrogen and oxygen atoms in total. The predicted octanol–water partition coefficient (Wildman–Crippen LogP) is 0.884. The maximum atomic E-state index is 13.6. The van der Waals surface area contributed by atoms with E-state index in [0.29, 0.717) is 5.56 Å². The van der Waals surface area contributed by atoms with Gasteiger partial charge < -0.3 is 10.1 Å². The molecule has 1 aromatic carbocycles. The molecule has 0 unspecified atom stereocenters. The molecule has 0 fully saturated rings. The average Bonchev–Trinajstić information content (AvgIpc) is 2.97. The van der Waals surface area contributed by atoms with E-state index in [-0.39, 0.29) is 36.2 Å². The molecule has 24 heavy (non-hydrogen) atoms. The first-order valence-corrected chi connectivity index (χ1v) is 7.09. The molecule has 0 aliphatic heterocycles. The van der Waals surface area contributed by atoms with Crippen LogP contribution < -0.4 is 10.9 Å². The van der Waals surface area contributed by atoms with Crippen LogP contribution >= 0.6 is 0 Å². The van der Waals surface area contributed by atoms with E-state index in [1.54, 1.807) is 18.2 Å². The van der Waals surface area contributed by atoms with Gasteiger partial charge in [0.25, 0.3) is 11.3 Å². The monoisotopic (exact) mass is 331 g/mol. The molecule has 3 rings (SSSR count). The third-order valence-electron chi connectivity index (χ3n) is 3.34. The number of ether oxygens (including phenoxy) is 1. The number of H-pyrrole nitrogens is 1. The Kier molecular flexibility index (Phi) is 4.23. The molecule has 124 valence electrons. The molecule has 2 aromatic heterocycles. The van der Waals surface area contributed by atoms with E-state index >= 15 is 0 Å². The molecule has 0 saturated heterocycles. The van der Waals surface area contributed by atoms with E-state index < -0.39 is 11.5 Å². The van der Waals surface area contributed by atoms with Crippen molar-refractivity contribution in [2.45, 2.75) is 13.0 Å². The van der Waals surface area contributed by atoms with Gasteiger partial charge in [0.05, 0.1) is 19.2 Å². The van der Waals surface area contributed by atoms with Crippen LogP contribution in [0.1, 0.15) is 11.3 Å². The van der Waals surface area contributed by atoms with Crippen LogP contribution in [0, 0.1) is 5.82 Å². The van der Waals surface area contributed by atoms with E-state index in [0.717, 1.165) is 4.52 Å². The fourth-order valence-electron chi connectivity index (χ4n) is 2.14. The zero-order valence-electron chi connectivity index (χ0n) is 12.7. The number of fused-ring (bicyclic) bond motifs is 1. The van der Waals surface area contributed by atoms with Crippen molar-refractivity contribution in [1.29, 1.82) is 0 Å². The summed E-state index contributed by atoms with van der Waals surface area (Å²) in [4.78, 5) is 31.5. The average molecular weight is 331 g/mol. The number of anilines is 1. The molecule has 0 radical (unpaired) electrons. The fraction of sp³-hybridized carbons (Fsp3) is 0.200. The molecule has 0 aliphatic carbocycles. The van der Waals surface area contributed by atoms with Crippen molar-refractivity contribution in [2.24, 2.45) is 0 Å². The van der Waals surface area contributed by atoms with E-state index in [2.05, 4.69) is 25.1 Å². The number of hydrogen-bond acceptors (Lipinski definition) is 6. The van der Waals surface area contributed by atoms with Gasteiger partial charge >= 0.3 is 5.97 Å². The summed E-state index contributed by atoms with van der Waals surface area (Å²) >= 11 is 0. The van der Waals surface area contributed by atoms with Crippen LogP contribution in [0.5, 0.6) is 0 Å². The molecule has 2 N–H and O–H groups in total. The highest BCUT2D eigenvalue weighted by Crippen LogP contribution is 2.09. The highest BCUT2D eigenvalue weighted by Gasteiger charge is 2.11. The first-order chi connectivity index (χ1) is 11.6. The predicted molar refractivity (Wildman–Crippen MR) is 83.1 cm³/mol. The van der Waals surface area contributed by atoms with Gasteiger partial charge in [0.1, 0.15) is 5.82 Å². The van der Waals surface area contributed by atoms with Crippen molar-refractivity contribution in [3.05, 3.63) is 57.8 Å². The maximum Gasteiger partial charge on any atom is 0.311 e.